The summed E-state index contributed by atoms with van der Waals surface area (Å²) in [7, 11) is 1.72. The van der Waals surface area contributed by atoms with E-state index in [1.165, 1.54) is 12.8 Å². The Labute approximate surface area is 104 Å². The van der Waals surface area contributed by atoms with Crippen LogP contribution in [0.5, 0.6) is 0 Å². The molecule has 1 N–H and O–H groups in total. The van der Waals surface area contributed by atoms with E-state index in [4.69, 9.17) is 4.74 Å². The SMILES string of the molecule is COCCC1(CNC(=O)C(S)C(C)C)CC1. The van der Waals surface area contributed by atoms with Gasteiger partial charge in [-0.2, -0.15) is 12.6 Å². The van der Waals surface area contributed by atoms with E-state index in [0.29, 0.717) is 5.41 Å². The van der Waals surface area contributed by atoms with Gasteiger partial charge in [0.05, 0.1) is 5.25 Å². The van der Waals surface area contributed by atoms with Crippen molar-refractivity contribution in [1.82, 2.24) is 5.32 Å². The summed E-state index contributed by atoms with van der Waals surface area (Å²) in [4.78, 5) is 11.7. The Bertz CT molecular complexity index is 239. The standard InChI is InChI=1S/C12H23NO2S/c1-9(2)10(16)11(14)13-8-12(4-5-12)6-7-15-3/h9-10,16H,4-8H2,1-3H3,(H,13,14). The zero-order chi connectivity index (χ0) is 12.2. The fourth-order valence-corrected chi connectivity index (χ4v) is 1.78. The normalized spacial score (nSPS) is 19.6. The predicted molar refractivity (Wildman–Crippen MR) is 68.8 cm³/mol. The molecular weight excluding hydrogens is 222 g/mol. The summed E-state index contributed by atoms with van der Waals surface area (Å²) in [6.45, 7) is 5.58. The number of thiol groups is 1. The zero-order valence-electron chi connectivity index (χ0n) is 10.5. The first kappa shape index (κ1) is 13.8. The van der Waals surface area contributed by atoms with E-state index in [1.807, 2.05) is 13.8 Å². The highest BCUT2D eigenvalue weighted by Gasteiger charge is 2.42. The van der Waals surface area contributed by atoms with E-state index in [2.05, 4.69) is 17.9 Å². The van der Waals surface area contributed by atoms with Crippen LogP contribution in [-0.2, 0) is 9.53 Å². The molecule has 0 spiro atoms. The van der Waals surface area contributed by atoms with Crippen molar-refractivity contribution in [2.75, 3.05) is 20.3 Å². The van der Waals surface area contributed by atoms with Gasteiger partial charge in [-0.15, -0.1) is 0 Å². The Kier molecular flexibility index (Phi) is 5.12. The second-order valence-corrected chi connectivity index (χ2v) is 5.71. The maximum Gasteiger partial charge on any atom is 0.233 e. The van der Waals surface area contributed by atoms with Gasteiger partial charge in [0.2, 0.25) is 5.91 Å². The van der Waals surface area contributed by atoms with Gasteiger partial charge in [-0.1, -0.05) is 13.8 Å². The third kappa shape index (κ3) is 3.98. The number of rotatable bonds is 7. The molecule has 0 aliphatic heterocycles. The number of hydrogen-bond acceptors (Lipinski definition) is 3. The van der Waals surface area contributed by atoms with Crippen LogP contribution in [0.3, 0.4) is 0 Å². The lowest BCUT2D eigenvalue weighted by molar-refractivity contribution is -0.121. The van der Waals surface area contributed by atoms with Crippen molar-refractivity contribution < 1.29 is 9.53 Å². The van der Waals surface area contributed by atoms with Crippen molar-refractivity contribution in [3.05, 3.63) is 0 Å². The Morgan fingerprint density at radius 1 is 1.50 bits per heavy atom. The third-order valence-corrected chi connectivity index (χ3v) is 4.16. The fraction of sp³-hybridized carbons (Fsp3) is 0.917. The Balaban J connectivity index is 2.26. The molecular formula is C12H23NO2S. The number of ether oxygens (including phenoxy) is 1. The first-order chi connectivity index (χ1) is 7.51. The number of hydrogen-bond donors (Lipinski definition) is 2. The first-order valence-corrected chi connectivity index (χ1v) is 6.47. The number of methoxy groups -OCH3 is 1. The van der Waals surface area contributed by atoms with Gasteiger partial charge in [0.25, 0.3) is 0 Å². The molecule has 0 heterocycles. The molecule has 0 saturated heterocycles. The summed E-state index contributed by atoms with van der Waals surface area (Å²) in [5, 5.41) is 2.81. The molecule has 0 aromatic carbocycles. The highest BCUT2D eigenvalue weighted by molar-refractivity contribution is 7.81. The first-order valence-electron chi connectivity index (χ1n) is 5.95. The summed E-state index contributed by atoms with van der Waals surface area (Å²) in [5.74, 6) is 0.333. The molecule has 1 unspecified atom stereocenters. The van der Waals surface area contributed by atoms with E-state index >= 15 is 0 Å². The summed E-state index contributed by atoms with van der Waals surface area (Å²) < 4.78 is 5.08. The Hall–Kier alpha value is -0.220. The molecule has 1 amide bonds. The van der Waals surface area contributed by atoms with E-state index in [9.17, 15) is 4.79 Å². The van der Waals surface area contributed by atoms with Crippen LogP contribution in [0.1, 0.15) is 33.1 Å². The average molecular weight is 245 g/mol. The summed E-state index contributed by atoms with van der Waals surface area (Å²) in [6, 6.07) is 0. The molecule has 4 heteroatoms. The smallest absolute Gasteiger partial charge is 0.233 e. The molecule has 0 bridgehead atoms. The quantitative estimate of drug-likeness (QED) is 0.672. The molecule has 0 radical (unpaired) electrons. The highest BCUT2D eigenvalue weighted by atomic mass is 32.1. The van der Waals surface area contributed by atoms with Crippen LogP contribution < -0.4 is 5.32 Å². The Morgan fingerprint density at radius 3 is 2.56 bits per heavy atom. The second-order valence-electron chi connectivity index (χ2n) is 5.15. The third-order valence-electron chi connectivity index (χ3n) is 3.33. The maximum atomic E-state index is 11.7. The molecule has 0 aromatic rings. The van der Waals surface area contributed by atoms with Crippen molar-refractivity contribution in [2.45, 2.75) is 38.4 Å². The summed E-state index contributed by atoms with van der Waals surface area (Å²) >= 11 is 4.30. The highest BCUT2D eigenvalue weighted by Crippen LogP contribution is 2.48. The molecule has 1 rings (SSSR count). The molecule has 94 valence electrons. The van der Waals surface area contributed by atoms with Crippen molar-refractivity contribution in [3.8, 4) is 0 Å². The van der Waals surface area contributed by atoms with Gasteiger partial charge >= 0.3 is 0 Å². The molecule has 1 fully saturated rings. The summed E-state index contributed by atoms with van der Waals surface area (Å²) in [5.41, 5.74) is 0.316. The van der Waals surface area contributed by atoms with Crippen LogP contribution in [0, 0.1) is 11.3 Å². The van der Waals surface area contributed by atoms with Crippen molar-refractivity contribution in [1.29, 1.82) is 0 Å². The van der Waals surface area contributed by atoms with E-state index < -0.39 is 0 Å². The minimum absolute atomic E-state index is 0.0574. The van der Waals surface area contributed by atoms with Gasteiger partial charge in [0.1, 0.15) is 0 Å². The summed E-state index contributed by atoms with van der Waals surface area (Å²) in [6.07, 6.45) is 3.45. The minimum Gasteiger partial charge on any atom is -0.385 e. The lowest BCUT2D eigenvalue weighted by Crippen LogP contribution is -2.38. The largest absolute Gasteiger partial charge is 0.385 e. The van der Waals surface area contributed by atoms with Crippen LogP contribution in [0.15, 0.2) is 0 Å². The van der Waals surface area contributed by atoms with Crippen LogP contribution in [0.4, 0.5) is 0 Å². The van der Waals surface area contributed by atoms with Gasteiger partial charge in [0, 0.05) is 20.3 Å². The Morgan fingerprint density at radius 2 is 2.12 bits per heavy atom. The number of amides is 1. The van der Waals surface area contributed by atoms with Crippen LogP contribution in [0.25, 0.3) is 0 Å². The number of carbonyl (C=O) groups excluding carboxylic acids is 1. The second kappa shape index (κ2) is 5.92. The zero-order valence-corrected chi connectivity index (χ0v) is 11.3. The van der Waals surface area contributed by atoms with Gasteiger partial charge in [-0.3, -0.25) is 4.79 Å². The number of carbonyl (C=O) groups is 1. The molecule has 1 atom stereocenters. The molecule has 1 aliphatic carbocycles. The lowest BCUT2D eigenvalue weighted by atomic mass is 10.0. The lowest BCUT2D eigenvalue weighted by Gasteiger charge is -2.19. The average Bonchev–Trinajstić information content (AvgIpc) is 3.02. The predicted octanol–water partition coefficient (Wildman–Crippen LogP) is 1.87. The van der Waals surface area contributed by atoms with Crippen LogP contribution in [0.2, 0.25) is 0 Å². The molecule has 16 heavy (non-hydrogen) atoms. The van der Waals surface area contributed by atoms with Gasteiger partial charge in [-0.25, -0.2) is 0 Å². The minimum atomic E-state index is -0.196. The van der Waals surface area contributed by atoms with Gasteiger partial charge in [0.15, 0.2) is 0 Å². The fourth-order valence-electron chi connectivity index (χ4n) is 1.69. The van der Waals surface area contributed by atoms with Crippen molar-refractivity contribution in [3.63, 3.8) is 0 Å². The van der Waals surface area contributed by atoms with E-state index in [0.717, 1.165) is 19.6 Å². The topological polar surface area (TPSA) is 38.3 Å². The van der Waals surface area contributed by atoms with E-state index in [1.54, 1.807) is 7.11 Å². The van der Waals surface area contributed by atoms with Crippen molar-refractivity contribution >= 4 is 18.5 Å². The molecule has 1 saturated carbocycles. The van der Waals surface area contributed by atoms with Crippen LogP contribution >= 0.6 is 12.6 Å². The van der Waals surface area contributed by atoms with Gasteiger partial charge in [-0.05, 0) is 30.6 Å². The van der Waals surface area contributed by atoms with Crippen LogP contribution in [-0.4, -0.2) is 31.4 Å². The van der Waals surface area contributed by atoms with Gasteiger partial charge < -0.3 is 10.1 Å². The monoisotopic (exact) mass is 245 g/mol. The van der Waals surface area contributed by atoms with E-state index in [-0.39, 0.29) is 17.1 Å². The molecule has 0 aromatic heterocycles. The maximum absolute atomic E-state index is 11.7. The molecule has 3 nitrogen and oxygen atoms in total. The number of nitrogens with one attached hydrogen (secondary N) is 1. The molecule has 1 aliphatic rings. The van der Waals surface area contributed by atoms with Crippen molar-refractivity contribution in [2.24, 2.45) is 11.3 Å².